The molecule has 8 nitrogen and oxygen atoms in total. The van der Waals surface area contributed by atoms with Crippen molar-refractivity contribution in [2.75, 3.05) is 13.7 Å². The number of nitrogens with one attached hydrogen (secondary N) is 2. The van der Waals surface area contributed by atoms with E-state index < -0.39 is 23.8 Å². The van der Waals surface area contributed by atoms with Crippen LogP contribution in [0.2, 0.25) is 0 Å². The summed E-state index contributed by atoms with van der Waals surface area (Å²) in [4.78, 5) is 47.9. The lowest BCUT2D eigenvalue weighted by Gasteiger charge is -2.16. The molecule has 1 rings (SSSR count). The quantitative estimate of drug-likeness (QED) is 0.283. The molecule has 1 aliphatic heterocycles. The lowest BCUT2D eigenvalue weighted by Crippen LogP contribution is -2.56. The summed E-state index contributed by atoms with van der Waals surface area (Å²) in [5, 5.41) is 3.91. The summed E-state index contributed by atoms with van der Waals surface area (Å²) in [7, 11) is 1.29. The molecule has 0 atom stereocenters. The third-order valence-electron chi connectivity index (χ3n) is 2.19. The van der Waals surface area contributed by atoms with Crippen LogP contribution in [-0.2, 0) is 19.1 Å². The number of hydrogen-bond acceptors (Lipinski definition) is 6. The minimum Gasteiger partial charge on any atom is -0.469 e. The lowest BCUT2D eigenvalue weighted by atomic mass is 10.1. The van der Waals surface area contributed by atoms with E-state index in [-0.39, 0.29) is 12.4 Å². The number of rotatable bonds is 5. The molecule has 0 aliphatic carbocycles. The summed E-state index contributed by atoms with van der Waals surface area (Å²) < 4.78 is 4.44. The molecule has 0 radical (unpaired) electrons. The van der Waals surface area contributed by atoms with Crippen molar-refractivity contribution in [2.24, 2.45) is 10.9 Å². The van der Waals surface area contributed by atoms with Crippen LogP contribution in [0.15, 0.2) is 4.99 Å². The van der Waals surface area contributed by atoms with Gasteiger partial charge in [0, 0.05) is 19.2 Å². The maximum Gasteiger partial charge on any atom is 0.328 e. The largest absolute Gasteiger partial charge is 0.469 e. The van der Waals surface area contributed by atoms with Crippen molar-refractivity contribution in [3.05, 3.63) is 0 Å². The van der Waals surface area contributed by atoms with E-state index >= 15 is 0 Å². The van der Waals surface area contributed by atoms with Crippen LogP contribution >= 0.6 is 0 Å². The van der Waals surface area contributed by atoms with Gasteiger partial charge in [0.25, 0.3) is 0 Å². The van der Waals surface area contributed by atoms with Gasteiger partial charge in [0.05, 0.1) is 7.11 Å². The number of carbonyl (C=O) groups excluding carboxylic acids is 4. The minimum absolute atomic E-state index is 0.218. The topological polar surface area (TPSA) is 114 Å². The molecule has 1 fully saturated rings. The van der Waals surface area contributed by atoms with Crippen LogP contribution in [0.25, 0.3) is 0 Å². The molecule has 8 heteroatoms. The molecule has 1 aliphatic rings. The Balaban J connectivity index is 2.37. The van der Waals surface area contributed by atoms with E-state index in [1.165, 1.54) is 7.11 Å². The van der Waals surface area contributed by atoms with Crippen molar-refractivity contribution in [1.29, 1.82) is 0 Å². The number of nitrogens with zero attached hydrogens (tertiary/aromatic N) is 1. The highest BCUT2D eigenvalue weighted by Gasteiger charge is 2.32. The first kappa shape index (κ1) is 13.8. The first-order chi connectivity index (χ1) is 8.54. The van der Waals surface area contributed by atoms with Crippen LogP contribution in [0.5, 0.6) is 0 Å². The summed E-state index contributed by atoms with van der Waals surface area (Å²) >= 11 is 0. The van der Waals surface area contributed by atoms with E-state index in [1.807, 2.05) is 10.6 Å². The zero-order valence-corrected chi connectivity index (χ0v) is 9.76. The third-order valence-corrected chi connectivity index (χ3v) is 2.19. The average molecular weight is 255 g/mol. The summed E-state index contributed by atoms with van der Waals surface area (Å²) in [6, 6.07) is -0.833. The number of ether oxygens (including phenoxy) is 1. The number of imide groups is 2. The molecule has 1 saturated heterocycles. The molecule has 0 aromatic carbocycles. The molecule has 0 saturated carbocycles. The molecule has 18 heavy (non-hydrogen) atoms. The van der Waals surface area contributed by atoms with Crippen LogP contribution in [0.4, 0.5) is 4.79 Å². The number of hydrogen-bond donors (Lipinski definition) is 2. The van der Waals surface area contributed by atoms with Crippen LogP contribution < -0.4 is 10.6 Å². The fourth-order valence-electron chi connectivity index (χ4n) is 1.26. The summed E-state index contributed by atoms with van der Waals surface area (Å²) in [5.41, 5.74) is 0. The van der Waals surface area contributed by atoms with Crippen molar-refractivity contribution >= 4 is 30.0 Å². The van der Waals surface area contributed by atoms with E-state index in [2.05, 4.69) is 9.73 Å². The van der Waals surface area contributed by atoms with E-state index in [4.69, 9.17) is 0 Å². The second-order valence-electron chi connectivity index (χ2n) is 3.52. The van der Waals surface area contributed by atoms with Gasteiger partial charge < -0.3 is 4.74 Å². The van der Waals surface area contributed by atoms with Gasteiger partial charge in [0.1, 0.15) is 0 Å². The second kappa shape index (κ2) is 6.48. The Morgan fingerprint density at radius 1 is 1.33 bits per heavy atom. The average Bonchev–Trinajstić information content (AvgIpc) is 2.31. The van der Waals surface area contributed by atoms with Crippen molar-refractivity contribution in [2.45, 2.75) is 12.8 Å². The number of carbonyl (C=O) groups is 4. The molecular formula is C10H13N3O5. The Hall–Kier alpha value is -2.25. The molecular weight excluding hydrogens is 242 g/mol. The maximum absolute atomic E-state index is 11.3. The fourth-order valence-corrected chi connectivity index (χ4v) is 1.26. The van der Waals surface area contributed by atoms with Gasteiger partial charge in [-0.1, -0.05) is 0 Å². The summed E-state index contributed by atoms with van der Waals surface area (Å²) in [6.45, 7) is 0.292. The zero-order valence-electron chi connectivity index (χ0n) is 9.76. The highest BCUT2D eigenvalue weighted by Crippen LogP contribution is 1.99. The van der Waals surface area contributed by atoms with E-state index in [1.54, 1.807) is 0 Å². The van der Waals surface area contributed by atoms with E-state index in [9.17, 15) is 19.2 Å². The van der Waals surface area contributed by atoms with Gasteiger partial charge in [-0.3, -0.25) is 30.0 Å². The van der Waals surface area contributed by atoms with Gasteiger partial charge in [0.15, 0.2) is 5.92 Å². The lowest BCUT2D eigenvalue weighted by molar-refractivity contribution is -0.140. The predicted molar refractivity (Wildman–Crippen MR) is 59.8 cm³/mol. The number of urea groups is 1. The molecule has 0 unspecified atom stereocenters. The van der Waals surface area contributed by atoms with Crippen LogP contribution in [0.3, 0.4) is 0 Å². The molecule has 0 aromatic rings. The molecule has 0 bridgehead atoms. The molecule has 2 N–H and O–H groups in total. The maximum atomic E-state index is 11.3. The molecule has 98 valence electrons. The van der Waals surface area contributed by atoms with Crippen molar-refractivity contribution in [3.8, 4) is 0 Å². The molecule has 1 heterocycles. The van der Waals surface area contributed by atoms with E-state index in [0.717, 1.165) is 6.21 Å². The van der Waals surface area contributed by atoms with Gasteiger partial charge in [-0.15, -0.1) is 0 Å². The van der Waals surface area contributed by atoms with Crippen LogP contribution in [0, 0.1) is 5.92 Å². The monoisotopic (exact) mass is 255 g/mol. The van der Waals surface area contributed by atoms with Crippen molar-refractivity contribution in [1.82, 2.24) is 10.6 Å². The highest BCUT2D eigenvalue weighted by atomic mass is 16.5. The summed E-state index contributed by atoms with van der Waals surface area (Å²) in [6.07, 6.45) is 1.84. The Labute approximate surface area is 103 Å². The molecule has 0 aromatic heterocycles. The van der Waals surface area contributed by atoms with Gasteiger partial charge in [-0.05, 0) is 6.42 Å². The SMILES string of the molecule is COC(=O)CCCN=CC1C(=O)NC(=O)NC1=O. The Morgan fingerprint density at radius 3 is 2.50 bits per heavy atom. The summed E-state index contributed by atoms with van der Waals surface area (Å²) in [5.74, 6) is -2.87. The van der Waals surface area contributed by atoms with Crippen molar-refractivity contribution < 1.29 is 23.9 Å². The Bertz CT molecular complexity index is 384. The first-order valence-corrected chi connectivity index (χ1v) is 5.27. The van der Waals surface area contributed by atoms with Crippen LogP contribution in [0.1, 0.15) is 12.8 Å². The van der Waals surface area contributed by atoms with Gasteiger partial charge in [-0.25, -0.2) is 4.79 Å². The van der Waals surface area contributed by atoms with E-state index in [0.29, 0.717) is 13.0 Å². The van der Waals surface area contributed by atoms with Crippen LogP contribution in [-0.4, -0.2) is 43.7 Å². The van der Waals surface area contributed by atoms with Gasteiger partial charge >= 0.3 is 12.0 Å². The number of methoxy groups -OCH3 is 1. The Morgan fingerprint density at radius 2 is 1.94 bits per heavy atom. The fraction of sp³-hybridized carbons (Fsp3) is 0.500. The smallest absolute Gasteiger partial charge is 0.328 e. The number of aliphatic imine (C=N–C) groups is 1. The number of esters is 1. The normalized spacial score (nSPS) is 16.6. The predicted octanol–water partition coefficient (Wildman–Crippen LogP) is -1.01. The second-order valence-corrected chi connectivity index (χ2v) is 3.52. The van der Waals surface area contributed by atoms with Crippen molar-refractivity contribution in [3.63, 3.8) is 0 Å². The Kier molecular flexibility index (Phi) is 4.97. The minimum atomic E-state index is -1.11. The standard InChI is InChI=1S/C10H13N3O5/c1-18-7(14)3-2-4-11-5-6-8(15)12-10(17)13-9(6)16/h5-6H,2-4H2,1H3,(H2,12,13,15,16,17). The molecule has 4 amide bonds. The third kappa shape index (κ3) is 3.96. The number of amides is 4. The number of barbiturate groups is 1. The zero-order chi connectivity index (χ0) is 13.5. The highest BCUT2D eigenvalue weighted by molar-refractivity contribution is 6.23. The first-order valence-electron chi connectivity index (χ1n) is 5.27. The molecule has 0 spiro atoms. The van der Waals surface area contributed by atoms with Gasteiger partial charge in [0.2, 0.25) is 11.8 Å². The van der Waals surface area contributed by atoms with Gasteiger partial charge in [-0.2, -0.15) is 0 Å².